The number of hydrogen-bond donors (Lipinski definition) is 0. The van der Waals surface area contributed by atoms with Gasteiger partial charge in [-0.2, -0.15) is 0 Å². The van der Waals surface area contributed by atoms with Gasteiger partial charge in [-0.25, -0.2) is 13.6 Å². The van der Waals surface area contributed by atoms with Crippen LogP contribution >= 0.6 is 15.9 Å². The Balaban J connectivity index is 2.83. The number of esters is 1. The van der Waals surface area contributed by atoms with Crippen LogP contribution in [0.4, 0.5) is 8.78 Å². The topological polar surface area (TPSA) is 48.3 Å². The van der Waals surface area contributed by atoms with Gasteiger partial charge in [0, 0.05) is 12.7 Å². The SMILES string of the molecule is CCCCn1cc(C(=O)OCC)c(=O)c2cc(F)c(Br)c(F)c21. The highest BCUT2D eigenvalue weighted by Gasteiger charge is 2.21. The van der Waals surface area contributed by atoms with Gasteiger partial charge < -0.3 is 9.30 Å². The first-order valence-electron chi connectivity index (χ1n) is 7.30. The van der Waals surface area contributed by atoms with Crippen LogP contribution in [0.2, 0.25) is 0 Å². The molecule has 0 N–H and O–H groups in total. The van der Waals surface area contributed by atoms with E-state index in [0.717, 1.165) is 12.5 Å². The zero-order valence-electron chi connectivity index (χ0n) is 12.8. The minimum Gasteiger partial charge on any atom is -0.462 e. The molecular weight excluding hydrogens is 372 g/mol. The predicted molar refractivity (Wildman–Crippen MR) is 86.7 cm³/mol. The van der Waals surface area contributed by atoms with Crippen molar-refractivity contribution in [1.82, 2.24) is 4.57 Å². The van der Waals surface area contributed by atoms with E-state index in [4.69, 9.17) is 4.74 Å². The Kier molecular flexibility index (Phi) is 5.51. The summed E-state index contributed by atoms with van der Waals surface area (Å²) in [6.45, 7) is 4.08. The molecule has 0 bridgehead atoms. The normalized spacial score (nSPS) is 11.0. The van der Waals surface area contributed by atoms with Crippen molar-refractivity contribution >= 4 is 32.8 Å². The molecule has 1 aromatic heterocycles. The molecule has 0 radical (unpaired) electrons. The minimum absolute atomic E-state index is 0.0234. The molecule has 1 heterocycles. The highest BCUT2D eigenvalue weighted by Crippen LogP contribution is 2.27. The number of aromatic nitrogens is 1. The Morgan fingerprint density at radius 1 is 1.35 bits per heavy atom. The number of hydrogen-bond acceptors (Lipinski definition) is 3. The fourth-order valence-corrected chi connectivity index (χ4v) is 2.62. The number of pyridine rings is 1. The predicted octanol–water partition coefficient (Wildman–Crippen LogP) is 4.02. The Morgan fingerprint density at radius 3 is 2.65 bits per heavy atom. The number of aryl methyl sites for hydroxylation is 1. The zero-order valence-corrected chi connectivity index (χ0v) is 14.4. The second-order valence-corrected chi connectivity index (χ2v) is 5.81. The Bertz CT molecular complexity index is 817. The van der Waals surface area contributed by atoms with Gasteiger partial charge in [-0.05, 0) is 35.3 Å². The molecule has 0 aliphatic rings. The quantitative estimate of drug-likeness (QED) is 0.574. The van der Waals surface area contributed by atoms with Crippen molar-refractivity contribution in [2.45, 2.75) is 33.2 Å². The van der Waals surface area contributed by atoms with Crippen molar-refractivity contribution in [3.63, 3.8) is 0 Å². The lowest BCUT2D eigenvalue weighted by atomic mass is 10.1. The van der Waals surface area contributed by atoms with Crippen molar-refractivity contribution < 1.29 is 18.3 Å². The number of unbranched alkanes of at least 4 members (excludes halogenated alkanes) is 1. The van der Waals surface area contributed by atoms with Crippen LogP contribution in [-0.2, 0) is 11.3 Å². The van der Waals surface area contributed by atoms with E-state index in [1.807, 2.05) is 6.92 Å². The van der Waals surface area contributed by atoms with E-state index in [0.29, 0.717) is 13.0 Å². The molecule has 0 saturated carbocycles. The second kappa shape index (κ2) is 7.21. The highest BCUT2D eigenvalue weighted by atomic mass is 79.9. The van der Waals surface area contributed by atoms with Gasteiger partial charge in [0.1, 0.15) is 11.4 Å². The number of nitrogens with zero attached hydrogens (tertiary/aromatic N) is 1. The van der Waals surface area contributed by atoms with Gasteiger partial charge in [0.05, 0.1) is 22.0 Å². The highest BCUT2D eigenvalue weighted by molar-refractivity contribution is 9.10. The Morgan fingerprint density at radius 2 is 2.04 bits per heavy atom. The first kappa shape index (κ1) is 17.6. The van der Waals surface area contributed by atoms with E-state index in [1.54, 1.807) is 6.92 Å². The van der Waals surface area contributed by atoms with E-state index in [9.17, 15) is 18.4 Å². The van der Waals surface area contributed by atoms with Gasteiger partial charge >= 0.3 is 5.97 Å². The van der Waals surface area contributed by atoms with E-state index < -0.39 is 23.0 Å². The fraction of sp³-hybridized carbons (Fsp3) is 0.375. The van der Waals surface area contributed by atoms with Crippen LogP contribution in [0, 0.1) is 11.6 Å². The lowest BCUT2D eigenvalue weighted by Crippen LogP contribution is -2.22. The van der Waals surface area contributed by atoms with Crippen LogP contribution in [0.15, 0.2) is 21.5 Å². The lowest BCUT2D eigenvalue weighted by Gasteiger charge is -2.14. The summed E-state index contributed by atoms with van der Waals surface area (Å²) in [5, 5.41) is -0.176. The molecule has 0 spiro atoms. The molecule has 124 valence electrons. The molecule has 1 aromatic carbocycles. The molecule has 0 unspecified atom stereocenters. The van der Waals surface area contributed by atoms with Crippen molar-refractivity contribution in [3.05, 3.63) is 44.2 Å². The maximum absolute atomic E-state index is 14.4. The number of carbonyl (C=O) groups excluding carboxylic acids is 1. The van der Waals surface area contributed by atoms with Gasteiger partial charge in [0.15, 0.2) is 5.82 Å². The van der Waals surface area contributed by atoms with E-state index in [-0.39, 0.29) is 27.5 Å². The average Bonchev–Trinajstić information content (AvgIpc) is 2.52. The van der Waals surface area contributed by atoms with Gasteiger partial charge in [0.25, 0.3) is 0 Å². The maximum Gasteiger partial charge on any atom is 0.343 e. The lowest BCUT2D eigenvalue weighted by molar-refractivity contribution is 0.0524. The molecule has 0 atom stereocenters. The molecule has 23 heavy (non-hydrogen) atoms. The summed E-state index contributed by atoms with van der Waals surface area (Å²) in [6.07, 6.45) is 2.84. The number of rotatable bonds is 5. The van der Waals surface area contributed by atoms with Crippen molar-refractivity contribution in [2.24, 2.45) is 0 Å². The van der Waals surface area contributed by atoms with E-state index >= 15 is 0 Å². The summed E-state index contributed by atoms with van der Waals surface area (Å²) in [5.41, 5.74) is -0.988. The van der Waals surface area contributed by atoms with E-state index in [2.05, 4.69) is 15.9 Å². The second-order valence-electron chi connectivity index (χ2n) is 5.02. The summed E-state index contributed by atoms with van der Waals surface area (Å²) in [4.78, 5) is 24.4. The molecule has 4 nitrogen and oxygen atoms in total. The molecule has 0 amide bonds. The molecule has 0 aliphatic carbocycles. The van der Waals surface area contributed by atoms with Crippen LogP contribution in [0.3, 0.4) is 0 Å². The summed E-state index contributed by atoms with van der Waals surface area (Å²) in [7, 11) is 0. The molecule has 0 aliphatic heterocycles. The third-order valence-electron chi connectivity index (χ3n) is 3.45. The fourth-order valence-electron chi connectivity index (χ4n) is 2.32. The number of benzene rings is 1. The van der Waals surface area contributed by atoms with Crippen LogP contribution < -0.4 is 5.43 Å². The zero-order chi connectivity index (χ0) is 17.1. The molecule has 7 heteroatoms. The molecule has 2 aromatic rings. The van der Waals surface area contributed by atoms with Crippen LogP contribution in [0.5, 0.6) is 0 Å². The number of halogens is 3. The molecular formula is C16H16BrF2NO3. The first-order valence-corrected chi connectivity index (χ1v) is 8.09. The van der Waals surface area contributed by atoms with Crippen LogP contribution in [0.1, 0.15) is 37.0 Å². The third kappa shape index (κ3) is 3.29. The number of carbonyl (C=O) groups is 1. The summed E-state index contributed by atoms with van der Waals surface area (Å²) in [5.74, 6) is -2.55. The molecule has 2 rings (SSSR count). The van der Waals surface area contributed by atoms with Gasteiger partial charge in [0.2, 0.25) is 5.43 Å². The van der Waals surface area contributed by atoms with Gasteiger partial charge in [-0.1, -0.05) is 13.3 Å². The number of ether oxygens (including phenoxy) is 1. The third-order valence-corrected chi connectivity index (χ3v) is 4.17. The van der Waals surface area contributed by atoms with Crippen LogP contribution in [0.25, 0.3) is 10.9 Å². The maximum atomic E-state index is 14.4. The average molecular weight is 388 g/mol. The standard InChI is InChI=1S/C16H16BrF2NO3/c1-3-5-6-20-8-10(16(22)23-4-2)15(21)9-7-11(18)12(17)13(19)14(9)20/h7-8H,3-6H2,1-2H3. The van der Waals surface area contributed by atoms with E-state index in [1.165, 1.54) is 10.8 Å². The van der Waals surface area contributed by atoms with Crippen molar-refractivity contribution in [2.75, 3.05) is 6.61 Å². The Hall–Kier alpha value is -1.76. The summed E-state index contributed by atoms with van der Waals surface area (Å²) in [6, 6.07) is 0.940. The van der Waals surface area contributed by atoms with Gasteiger partial charge in [-0.3, -0.25) is 4.79 Å². The molecule has 0 fully saturated rings. The monoisotopic (exact) mass is 387 g/mol. The smallest absolute Gasteiger partial charge is 0.343 e. The minimum atomic E-state index is -0.893. The van der Waals surface area contributed by atoms with Gasteiger partial charge in [-0.15, -0.1) is 0 Å². The van der Waals surface area contributed by atoms with Crippen LogP contribution in [-0.4, -0.2) is 17.1 Å². The summed E-state index contributed by atoms with van der Waals surface area (Å²) >= 11 is 2.84. The van der Waals surface area contributed by atoms with Crippen molar-refractivity contribution in [3.8, 4) is 0 Å². The number of fused-ring (bicyclic) bond motifs is 1. The molecule has 0 saturated heterocycles. The largest absolute Gasteiger partial charge is 0.462 e. The first-order chi connectivity index (χ1) is 10.9. The van der Waals surface area contributed by atoms with Crippen molar-refractivity contribution in [1.29, 1.82) is 0 Å². The summed E-state index contributed by atoms with van der Waals surface area (Å²) < 4.78 is 34.2. The Labute approximate surface area is 140 Å².